The highest BCUT2D eigenvalue weighted by atomic mass is 16.3. The van der Waals surface area contributed by atoms with Gasteiger partial charge in [-0.25, -0.2) is 0 Å². The summed E-state index contributed by atoms with van der Waals surface area (Å²) in [6.07, 6.45) is 0. The van der Waals surface area contributed by atoms with Crippen LogP contribution in [0, 0.1) is 0 Å². The third-order valence-electron chi connectivity index (χ3n) is 2.52. The van der Waals surface area contributed by atoms with Crippen molar-refractivity contribution in [2.45, 2.75) is 6.92 Å². The number of hydrogen-bond acceptors (Lipinski definition) is 5. The topological polar surface area (TPSA) is 86.8 Å². The Labute approximate surface area is 100 Å². The van der Waals surface area contributed by atoms with Gasteiger partial charge in [-0.05, 0) is 25.1 Å². The molecule has 1 aromatic rings. The fourth-order valence-electron chi connectivity index (χ4n) is 1.68. The summed E-state index contributed by atoms with van der Waals surface area (Å²) in [7, 11) is 0. The molecule has 0 radical (unpaired) electrons. The number of hydrogen-bond donors (Lipinski definition) is 3. The zero-order valence-electron chi connectivity index (χ0n) is 9.89. The quantitative estimate of drug-likeness (QED) is 0.489. The van der Waals surface area contributed by atoms with Crippen LogP contribution in [0.3, 0.4) is 0 Å². The Morgan fingerprint density at radius 2 is 1.88 bits per heavy atom. The Balaban J connectivity index is 2.97. The molecule has 5 nitrogen and oxygen atoms in total. The lowest BCUT2D eigenvalue weighted by Crippen LogP contribution is -2.29. The van der Waals surface area contributed by atoms with E-state index in [4.69, 9.17) is 15.9 Å². The molecule has 1 rings (SSSR count). The molecule has 0 fully saturated rings. The van der Waals surface area contributed by atoms with Gasteiger partial charge < -0.3 is 20.8 Å². The molecule has 0 aliphatic heterocycles. The second kappa shape index (κ2) is 6.22. The number of carbonyl (C=O) groups is 1. The first-order valence-electron chi connectivity index (χ1n) is 5.47. The van der Waals surface area contributed by atoms with Crippen molar-refractivity contribution in [3.63, 3.8) is 0 Å². The molecule has 0 amide bonds. The molecule has 0 spiro atoms. The first-order valence-corrected chi connectivity index (χ1v) is 5.47. The van der Waals surface area contributed by atoms with Gasteiger partial charge in [-0.3, -0.25) is 4.79 Å². The number of benzene rings is 1. The fraction of sp³-hybridized carbons (Fsp3) is 0.417. The van der Waals surface area contributed by atoms with Gasteiger partial charge in [0.05, 0.1) is 13.2 Å². The number of nitrogens with zero attached hydrogens (tertiary/aromatic N) is 1. The Bertz CT molecular complexity index is 387. The second-order valence-electron chi connectivity index (χ2n) is 3.76. The van der Waals surface area contributed by atoms with E-state index in [1.807, 2.05) is 0 Å². The molecule has 0 aromatic heterocycles. The molecule has 0 unspecified atom stereocenters. The lowest BCUT2D eigenvalue weighted by Gasteiger charge is -2.23. The SMILES string of the molecule is CC(=O)c1ccc(N(CCO)CCO)cc1N. The number of aliphatic hydroxyl groups excluding tert-OH is 2. The average molecular weight is 238 g/mol. The lowest BCUT2D eigenvalue weighted by molar-refractivity contribution is 0.101. The Morgan fingerprint density at radius 1 is 1.29 bits per heavy atom. The van der Waals surface area contributed by atoms with E-state index in [-0.39, 0.29) is 19.0 Å². The first kappa shape index (κ1) is 13.5. The van der Waals surface area contributed by atoms with Crippen molar-refractivity contribution >= 4 is 17.2 Å². The predicted molar refractivity (Wildman–Crippen MR) is 67.2 cm³/mol. The van der Waals surface area contributed by atoms with Crippen LogP contribution in [0.25, 0.3) is 0 Å². The summed E-state index contributed by atoms with van der Waals surface area (Å²) in [6, 6.07) is 5.11. The maximum absolute atomic E-state index is 11.2. The Kier molecular flexibility index (Phi) is 4.93. The van der Waals surface area contributed by atoms with Crippen LogP contribution in [0.15, 0.2) is 18.2 Å². The molecule has 4 N–H and O–H groups in total. The molecule has 1 aromatic carbocycles. The van der Waals surface area contributed by atoms with Gasteiger partial charge in [-0.15, -0.1) is 0 Å². The van der Waals surface area contributed by atoms with Gasteiger partial charge in [-0.2, -0.15) is 0 Å². The van der Waals surface area contributed by atoms with Gasteiger partial charge in [0.1, 0.15) is 0 Å². The van der Waals surface area contributed by atoms with Crippen molar-refractivity contribution in [2.24, 2.45) is 0 Å². The number of nitrogen functional groups attached to an aromatic ring is 1. The minimum Gasteiger partial charge on any atom is -0.398 e. The maximum atomic E-state index is 11.2. The minimum atomic E-state index is -0.0788. The summed E-state index contributed by atoms with van der Waals surface area (Å²) in [4.78, 5) is 13.0. The van der Waals surface area contributed by atoms with Crippen molar-refractivity contribution in [3.05, 3.63) is 23.8 Å². The number of nitrogens with two attached hydrogens (primary N) is 1. The molecule has 0 atom stereocenters. The number of ketones is 1. The van der Waals surface area contributed by atoms with Crippen molar-refractivity contribution < 1.29 is 15.0 Å². The highest BCUT2D eigenvalue weighted by Crippen LogP contribution is 2.21. The van der Waals surface area contributed by atoms with Gasteiger partial charge in [0.15, 0.2) is 5.78 Å². The van der Waals surface area contributed by atoms with Crippen LogP contribution in [-0.4, -0.2) is 42.3 Å². The van der Waals surface area contributed by atoms with Crippen LogP contribution >= 0.6 is 0 Å². The zero-order chi connectivity index (χ0) is 12.8. The Hall–Kier alpha value is -1.59. The summed E-state index contributed by atoms with van der Waals surface area (Å²) < 4.78 is 0. The highest BCUT2D eigenvalue weighted by Gasteiger charge is 2.09. The number of aliphatic hydroxyl groups is 2. The molecule has 0 heterocycles. The predicted octanol–water partition coefficient (Wildman–Crippen LogP) is 0.262. The standard InChI is InChI=1S/C12H18N2O3/c1-9(17)11-3-2-10(8-12(11)13)14(4-6-15)5-7-16/h2-3,8,15-16H,4-7,13H2,1H3. The summed E-state index contributed by atoms with van der Waals surface area (Å²) in [5.74, 6) is -0.0788. The van der Waals surface area contributed by atoms with Crippen molar-refractivity contribution in [1.29, 1.82) is 0 Å². The van der Waals surface area contributed by atoms with Crippen LogP contribution in [0.5, 0.6) is 0 Å². The van der Waals surface area contributed by atoms with Crippen molar-refractivity contribution in [2.75, 3.05) is 36.9 Å². The van der Waals surface area contributed by atoms with Crippen LogP contribution in [-0.2, 0) is 0 Å². The van der Waals surface area contributed by atoms with Crippen molar-refractivity contribution in [1.82, 2.24) is 0 Å². The third-order valence-corrected chi connectivity index (χ3v) is 2.52. The second-order valence-corrected chi connectivity index (χ2v) is 3.76. The van der Waals surface area contributed by atoms with E-state index in [2.05, 4.69) is 0 Å². The molecular weight excluding hydrogens is 220 g/mol. The van der Waals surface area contributed by atoms with Crippen LogP contribution in [0.4, 0.5) is 11.4 Å². The minimum absolute atomic E-state index is 0.00559. The van der Waals surface area contributed by atoms with E-state index in [1.165, 1.54) is 6.92 Å². The van der Waals surface area contributed by atoms with Crippen molar-refractivity contribution in [3.8, 4) is 0 Å². The van der Waals surface area contributed by atoms with Gasteiger partial charge in [0, 0.05) is 30.0 Å². The normalized spacial score (nSPS) is 10.3. The van der Waals surface area contributed by atoms with Gasteiger partial charge in [0.25, 0.3) is 0 Å². The molecule has 5 heteroatoms. The van der Waals surface area contributed by atoms with E-state index in [0.29, 0.717) is 24.3 Å². The molecule has 0 saturated carbocycles. The highest BCUT2D eigenvalue weighted by molar-refractivity contribution is 5.99. The van der Waals surface area contributed by atoms with Gasteiger partial charge >= 0.3 is 0 Å². The average Bonchev–Trinajstić information content (AvgIpc) is 2.28. The van der Waals surface area contributed by atoms with Crippen LogP contribution in [0.1, 0.15) is 17.3 Å². The zero-order valence-corrected chi connectivity index (χ0v) is 9.89. The van der Waals surface area contributed by atoms with E-state index in [0.717, 1.165) is 5.69 Å². The summed E-state index contributed by atoms with van der Waals surface area (Å²) in [5, 5.41) is 17.9. The molecule has 0 aliphatic rings. The summed E-state index contributed by atoms with van der Waals surface area (Å²) in [6.45, 7) is 2.28. The third kappa shape index (κ3) is 3.44. The first-order chi connectivity index (χ1) is 8.10. The molecule has 94 valence electrons. The molecule has 17 heavy (non-hydrogen) atoms. The number of Topliss-reactive ketones (excluding diaryl/α,β-unsaturated/α-hetero) is 1. The summed E-state index contributed by atoms with van der Waals surface area (Å²) in [5.41, 5.74) is 7.47. The Morgan fingerprint density at radius 3 is 2.29 bits per heavy atom. The molecular formula is C12H18N2O3. The number of rotatable bonds is 6. The van der Waals surface area contributed by atoms with E-state index < -0.39 is 0 Å². The van der Waals surface area contributed by atoms with Gasteiger partial charge in [0.2, 0.25) is 0 Å². The number of anilines is 2. The number of carbonyl (C=O) groups excluding carboxylic acids is 1. The van der Waals surface area contributed by atoms with Gasteiger partial charge in [-0.1, -0.05) is 0 Å². The molecule has 0 bridgehead atoms. The monoisotopic (exact) mass is 238 g/mol. The smallest absolute Gasteiger partial charge is 0.161 e. The molecule has 0 saturated heterocycles. The van der Waals surface area contributed by atoms with E-state index in [1.54, 1.807) is 23.1 Å². The fourth-order valence-corrected chi connectivity index (χ4v) is 1.68. The summed E-state index contributed by atoms with van der Waals surface area (Å²) >= 11 is 0. The largest absolute Gasteiger partial charge is 0.398 e. The van der Waals surface area contributed by atoms with E-state index >= 15 is 0 Å². The maximum Gasteiger partial charge on any atom is 0.161 e. The van der Waals surface area contributed by atoms with E-state index in [9.17, 15) is 4.79 Å². The lowest BCUT2D eigenvalue weighted by atomic mass is 10.1. The van der Waals surface area contributed by atoms with Crippen LogP contribution in [0.2, 0.25) is 0 Å². The molecule has 0 aliphatic carbocycles. The van der Waals surface area contributed by atoms with Crippen LogP contribution < -0.4 is 10.6 Å².